The number of hydrazine groups is 1. The minimum atomic E-state index is 0.337. The quantitative estimate of drug-likeness (QED) is 0.642. The fraction of sp³-hybridized carbons (Fsp3) is 1.00. The van der Waals surface area contributed by atoms with E-state index in [0.29, 0.717) is 6.10 Å². The molecule has 0 aromatic rings. The summed E-state index contributed by atoms with van der Waals surface area (Å²) >= 11 is 0. The Bertz CT molecular complexity index is 144. The third-order valence-electron chi connectivity index (χ3n) is 2.39. The molecule has 4 nitrogen and oxygen atoms in total. The van der Waals surface area contributed by atoms with E-state index >= 15 is 0 Å². The van der Waals surface area contributed by atoms with Gasteiger partial charge in [0.2, 0.25) is 0 Å². The Morgan fingerprint density at radius 2 is 1.86 bits per heavy atom. The van der Waals surface area contributed by atoms with Gasteiger partial charge in [-0.15, -0.1) is 0 Å². The summed E-state index contributed by atoms with van der Waals surface area (Å²) in [5.74, 6) is 0. The van der Waals surface area contributed by atoms with Crippen LogP contribution in [0.2, 0.25) is 0 Å². The number of nitrogens with one attached hydrogen (secondary N) is 1. The fourth-order valence-corrected chi connectivity index (χ4v) is 1.46. The van der Waals surface area contributed by atoms with Crippen molar-refractivity contribution in [2.24, 2.45) is 0 Å². The van der Waals surface area contributed by atoms with Gasteiger partial charge in [0.15, 0.2) is 0 Å². The predicted molar refractivity (Wildman–Crippen MR) is 58.2 cm³/mol. The van der Waals surface area contributed by atoms with Crippen LogP contribution >= 0.6 is 0 Å². The molecule has 0 amide bonds. The van der Waals surface area contributed by atoms with Crippen molar-refractivity contribution in [3.8, 4) is 0 Å². The Balaban J connectivity index is 1.96. The van der Waals surface area contributed by atoms with E-state index < -0.39 is 0 Å². The van der Waals surface area contributed by atoms with Crippen LogP contribution in [0.3, 0.4) is 0 Å². The summed E-state index contributed by atoms with van der Waals surface area (Å²) in [4.78, 5) is 2.35. The molecule has 0 aromatic carbocycles. The topological polar surface area (TPSA) is 27.7 Å². The minimum absolute atomic E-state index is 0.337. The van der Waals surface area contributed by atoms with Crippen LogP contribution in [0, 0.1) is 0 Å². The Hall–Kier alpha value is -0.160. The molecule has 0 aromatic heterocycles. The molecule has 0 radical (unpaired) electrons. The number of nitrogens with zero attached hydrogens (tertiary/aromatic N) is 2. The zero-order chi connectivity index (χ0) is 10.4. The lowest BCUT2D eigenvalue weighted by molar-refractivity contribution is 0.0516. The zero-order valence-electron chi connectivity index (χ0n) is 9.62. The average molecular weight is 201 g/mol. The van der Waals surface area contributed by atoms with Gasteiger partial charge in [-0.05, 0) is 20.9 Å². The molecule has 0 aliphatic carbocycles. The highest BCUT2D eigenvalue weighted by Crippen LogP contribution is 1.95. The van der Waals surface area contributed by atoms with E-state index in [1.165, 1.54) is 0 Å². The first kappa shape index (κ1) is 11.9. The highest BCUT2D eigenvalue weighted by Gasteiger charge is 2.12. The molecule has 4 heteroatoms. The Labute approximate surface area is 87.2 Å². The minimum Gasteiger partial charge on any atom is -0.377 e. The SMILES string of the molecule is CC(C)OCCNN1CCN(C)CC1. The van der Waals surface area contributed by atoms with Gasteiger partial charge < -0.3 is 9.64 Å². The number of likely N-dealkylation sites (N-methyl/N-ethyl adjacent to an activating group) is 1. The monoisotopic (exact) mass is 201 g/mol. The normalized spacial score (nSPS) is 20.6. The standard InChI is InChI=1S/C10H23N3O/c1-10(2)14-9-4-11-13-7-5-12(3)6-8-13/h10-11H,4-9H2,1-3H3. The van der Waals surface area contributed by atoms with Crippen LogP contribution in [-0.4, -0.2) is 62.4 Å². The molecule has 0 bridgehead atoms. The molecule has 1 N–H and O–H groups in total. The average Bonchev–Trinajstić information content (AvgIpc) is 2.15. The predicted octanol–water partition coefficient (Wildman–Crippen LogP) is 0.163. The summed E-state index contributed by atoms with van der Waals surface area (Å²) in [6, 6.07) is 0. The second-order valence-electron chi connectivity index (χ2n) is 4.12. The lowest BCUT2D eigenvalue weighted by Gasteiger charge is -2.32. The lowest BCUT2D eigenvalue weighted by Crippen LogP contribution is -2.51. The van der Waals surface area contributed by atoms with E-state index in [-0.39, 0.29) is 0 Å². The zero-order valence-corrected chi connectivity index (χ0v) is 9.62. The number of ether oxygens (including phenoxy) is 1. The van der Waals surface area contributed by atoms with E-state index in [1.807, 2.05) is 0 Å². The molecule has 84 valence electrons. The van der Waals surface area contributed by atoms with Crippen LogP contribution in [0.25, 0.3) is 0 Å². The second kappa shape index (κ2) is 6.35. The molecule has 1 heterocycles. The largest absolute Gasteiger partial charge is 0.377 e. The van der Waals surface area contributed by atoms with Gasteiger partial charge in [-0.25, -0.2) is 5.01 Å². The first-order chi connectivity index (χ1) is 6.68. The number of hydrogen-bond donors (Lipinski definition) is 1. The third-order valence-corrected chi connectivity index (χ3v) is 2.39. The van der Waals surface area contributed by atoms with E-state index in [9.17, 15) is 0 Å². The van der Waals surface area contributed by atoms with Crippen molar-refractivity contribution in [2.45, 2.75) is 20.0 Å². The van der Waals surface area contributed by atoms with Crippen molar-refractivity contribution < 1.29 is 4.74 Å². The van der Waals surface area contributed by atoms with Crippen molar-refractivity contribution >= 4 is 0 Å². The van der Waals surface area contributed by atoms with Crippen LogP contribution in [-0.2, 0) is 4.74 Å². The first-order valence-corrected chi connectivity index (χ1v) is 5.47. The fourth-order valence-electron chi connectivity index (χ4n) is 1.46. The van der Waals surface area contributed by atoms with Gasteiger partial charge in [-0.2, -0.15) is 0 Å². The molecule has 0 unspecified atom stereocenters. The van der Waals surface area contributed by atoms with Gasteiger partial charge in [-0.1, -0.05) is 0 Å². The van der Waals surface area contributed by atoms with Gasteiger partial charge in [0.1, 0.15) is 0 Å². The van der Waals surface area contributed by atoms with Gasteiger partial charge in [0.05, 0.1) is 12.7 Å². The van der Waals surface area contributed by atoms with Crippen molar-refractivity contribution in [1.82, 2.24) is 15.3 Å². The van der Waals surface area contributed by atoms with E-state index in [2.05, 4.69) is 36.2 Å². The maximum Gasteiger partial charge on any atom is 0.0608 e. The molecule has 1 aliphatic heterocycles. The molecule has 1 fully saturated rings. The summed E-state index contributed by atoms with van der Waals surface area (Å²) in [5, 5.41) is 2.28. The maximum absolute atomic E-state index is 5.45. The Kier molecular flexibility index (Phi) is 5.40. The molecule has 1 aliphatic rings. The Morgan fingerprint density at radius 1 is 1.21 bits per heavy atom. The van der Waals surface area contributed by atoms with Crippen LogP contribution < -0.4 is 5.43 Å². The summed E-state index contributed by atoms with van der Waals surface area (Å²) in [5.41, 5.74) is 3.38. The molecule has 14 heavy (non-hydrogen) atoms. The Morgan fingerprint density at radius 3 is 2.43 bits per heavy atom. The maximum atomic E-state index is 5.45. The van der Waals surface area contributed by atoms with Gasteiger partial charge in [0.25, 0.3) is 0 Å². The first-order valence-electron chi connectivity index (χ1n) is 5.47. The highest BCUT2D eigenvalue weighted by atomic mass is 16.5. The molecule has 1 saturated heterocycles. The highest BCUT2D eigenvalue weighted by molar-refractivity contribution is 4.65. The molecule has 0 spiro atoms. The van der Waals surface area contributed by atoms with Crippen LogP contribution in [0.4, 0.5) is 0 Å². The smallest absolute Gasteiger partial charge is 0.0608 e. The molecule has 1 rings (SSSR count). The van der Waals surface area contributed by atoms with Crippen LogP contribution in [0.5, 0.6) is 0 Å². The van der Waals surface area contributed by atoms with E-state index in [4.69, 9.17) is 4.74 Å². The number of hydrogen-bond acceptors (Lipinski definition) is 4. The summed E-state index contributed by atoms with van der Waals surface area (Å²) in [6.45, 7) is 10.4. The molecule has 0 saturated carbocycles. The van der Waals surface area contributed by atoms with Gasteiger partial charge >= 0.3 is 0 Å². The van der Waals surface area contributed by atoms with Crippen molar-refractivity contribution in [3.63, 3.8) is 0 Å². The van der Waals surface area contributed by atoms with Crippen LogP contribution in [0.15, 0.2) is 0 Å². The van der Waals surface area contributed by atoms with Crippen LogP contribution in [0.1, 0.15) is 13.8 Å². The molecular weight excluding hydrogens is 178 g/mol. The van der Waals surface area contributed by atoms with Crippen molar-refractivity contribution in [2.75, 3.05) is 46.4 Å². The molecule has 0 atom stereocenters. The summed E-state index contributed by atoms with van der Waals surface area (Å²) in [7, 11) is 2.17. The van der Waals surface area contributed by atoms with E-state index in [0.717, 1.165) is 39.3 Å². The number of piperazine rings is 1. The second-order valence-corrected chi connectivity index (χ2v) is 4.12. The van der Waals surface area contributed by atoms with E-state index in [1.54, 1.807) is 0 Å². The lowest BCUT2D eigenvalue weighted by atomic mass is 10.4. The summed E-state index contributed by atoms with van der Waals surface area (Å²) in [6.07, 6.45) is 0.337. The van der Waals surface area contributed by atoms with Gasteiger partial charge in [-0.3, -0.25) is 5.43 Å². The van der Waals surface area contributed by atoms with Gasteiger partial charge in [0, 0.05) is 32.7 Å². The molecular formula is C10H23N3O. The number of rotatable bonds is 5. The third kappa shape index (κ3) is 4.91. The summed E-state index contributed by atoms with van der Waals surface area (Å²) < 4.78 is 5.45. The van der Waals surface area contributed by atoms with Crippen molar-refractivity contribution in [3.05, 3.63) is 0 Å². The van der Waals surface area contributed by atoms with Crippen molar-refractivity contribution in [1.29, 1.82) is 0 Å².